The van der Waals surface area contributed by atoms with Crippen LogP contribution < -0.4 is 10.1 Å². The van der Waals surface area contributed by atoms with E-state index in [-0.39, 0.29) is 18.1 Å². The predicted molar refractivity (Wildman–Crippen MR) is 94.9 cm³/mol. The lowest BCUT2D eigenvalue weighted by atomic mass is 10.2. The van der Waals surface area contributed by atoms with Gasteiger partial charge in [-0.3, -0.25) is 9.59 Å². The van der Waals surface area contributed by atoms with Gasteiger partial charge in [-0.1, -0.05) is 17.3 Å². The van der Waals surface area contributed by atoms with Gasteiger partial charge >= 0.3 is 0 Å². The van der Waals surface area contributed by atoms with Crippen LogP contribution in [-0.4, -0.2) is 21.8 Å². The Morgan fingerprint density at radius 2 is 1.88 bits per heavy atom. The number of benzene rings is 2. The Morgan fingerprint density at radius 1 is 1.12 bits per heavy atom. The van der Waals surface area contributed by atoms with E-state index in [9.17, 15) is 9.59 Å². The summed E-state index contributed by atoms with van der Waals surface area (Å²) >= 11 is 0. The minimum atomic E-state index is -0.339. The summed E-state index contributed by atoms with van der Waals surface area (Å²) in [5.74, 6) is 1.70. The maximum atomic E-state index is 11.6. The van der Waals surface area contributed by atoms with Gasteiger partial charge in [-0.25, -0.2) is 0 Å². The van der Waals surface area contributed by atoms with Gasteiger partial charge in [0.25, 0.3) is 0 Å². The molecule has 1 heterocycles. The first-order chi connectivity index (χ1) is 12.5. The smallest absolute Gasteiger partial charge is 0.231 e. The van der Waals surface area contributed by atoms with Crippen molar-refractivity contribution in [1.82, 2.24) is 10.1 Å². The van der Waals surface area contributed by atoms with Crippen molar-refractivity contribution in [3.8, 4) is 22.9 Å². The average Bonchev–Trinajstić information content (AvgIpc) is 3.03. The molecule has 0 spiro atoms. The summed E-state index contributed by atoms with van der Waals surface area (Å²) in [5.41, 5.74) is 1.38. The fourth-order valence-electron chi connectivity index (χ4n) is 2.29. The summed E-state index contributed by atoms with van der Waals surface area (Å²) in [6.45, 7) is 3.11. The van der Waals surface area contributed by atoms with Crippen molar-refractivity contribution in [2.75, 3.05) is 5.32 Å². The molecular formula is C19H17N3O4. The van der Waals surface area contributed by atoms with Crippen LogP contribution in [0.25, 0.3) is 11.4 Å². The Hall–Kier alpha value is -3.48. The summed E-state index contributed by atoms with van der Waals surface area (Å²) in [6.07, 6.45) is -0.138. The molecule has 3 rings (SSSR count). The number of Topliss-reactive ketones (excluding diaryl/α,β-unsaturated/α-hetero) is 1. The quantitative estimate of drug-likeness (QED) is 0.680. The summed E-state index contributed by atoms with van der Waals surface area (Å²) in [6, 6.07) is 14.2. The Balaban J connectivity index is 1.67. The van der Waals surface area contributed by atoms with Gasteiger partial charge < -0.3 is 14.6 Å². The van der Waals surface area contributed by atoms with Crippen LogP contribution in [0.3, 0.4) is 0 Å². The largest absolute Gasteiger partial charge is 0.457 e. The third-order valence-corrected chi connectivity index (χ3v) is 3.40. The van der Waals surface area contributed by atoms with Crippen LogP contribution in [0.5, 0.6) is 11.5 Å². The van der Waals surface area contributed by atoms with E-state index in [1.807, 2.05) is 24.3 Å². The second-order valence-corrected chi connectivity index (χ2v) is 5.72. The molecule has 1 amide bonds. The SMILES string of the molecule is CC(=O)CC(=O)Nc1ccc(Oc2cccc(-c3noc(C)n3)c2)cc1. The maximum Gasteiger partial charge on any atom is 0.231 e. The lowest BCUT2D eigenvalue weighted by molar-refractivity contribution is -0.124. The van der Waals surface area contributed by atoms with Crippen LogP contribution >= 0.6 is 0 Å². The molecule has 0 radical (unpaired) electrons. The van der Waals surface area contributed by atoms with Gasteiger partial charge in [-0.05, 0) is 43.3 Å². The predicted octanol–water partition coefficient (Wildman–Crippen LogP) is 3.75. The third-order valence-electron chi connectivity index (χ3n) is 3.40. The Morgan fingerprint density at radius 3 is 2.54 bits per heavy atom. The van der Waals surface area contributed by atoms with Gasteiger partial charge in [0.1, 0.15) is 17.3 Å². The second-order valence-electron chi connectivity index (χ2n) is 5.72. The molecule has 26 heavy (non-hydrogen) atoms. The Bertz CT molecular complexity index is 932. The molecule has 7 nitrogen and oxygen atoms in total. The van der Waals surface area contributed by atoms with Gasteiger partial charge in [-0.2, -0.15) is 4.98 Å². The number of carbonyl (C=O) groups is 2. The van der Waals surface area contributed by atoms with Gasteiger partial charge in [0.15, 0.2) is 0 Å². The van der Waals surface area contributed by atoms with Crippen molar-refractivity contribution in [3.63, 3.8) is 0 Å². The van der Waals surface area contributed by atoms with Gasteiger partial charge in [0.05, 0.1) is 6.42 Å². The average molecular weight is 351 g/mol. The minimum Gasteiger partial charge on any atom is -0.457 e. The second kappa shape index (κ2) is 7.60. The summed E-state index contributed by atoms with van der Waals surface area (Å²) in [4.78, 5) is 26.7. The van der Waals surface area contributed by atoms with Crippen molar-refractivity contribution in [2.45, 2.75) is 20.3 Å². The molecule has 1 N–H and O–H groups in total. The molecule has 0 aliphatic heterocycles. The number of nitrogens with one attached hydrogen (secondary N) is 1. The van der Waals surface area contributed by atoms with Crippen molar-refractivity contribution in [2.24, 2.45) is 0 Å². The Labute approximate surface area is 150 Å². The van der Waals surface area contributed by atoms with Gasteiger partial charge in [0.2, 0.25) is 17.6 Å². The monoisotopic (exact) mass is 351 g/mol. The molecule has 0 aliphatic rings. The van der Waals surface area contributed by atoms with Crippen LogP contribution in [0.4, 0.5) is 5.69 Å². The standard InChI is InChI=1S/C19H17N3O4/c1-12(23)10-18(24)21-15-6-8-16(9-7-15)25-17-5-3-4-14(11-17)19-20-13(2)26-22-19/h3-9,11H,10H2,1-2H3,(H,21,24). The minimum absolute atomic E-state index is 0.138. The lowest BCUT2D eigenvalue weighted by Crippen LogP contribution is -2.14. The lowest BCUT2D eigenvalue weighted by Gasteiger charge is -2.08. The molecule has 1 aromatic heterocycles. The van der Waals surface area contributed by atoms with Gasteiger partial charge in [-0.15, -0.1) is 0 Å². The number of carbonyl (C=O) groups excluding carboxylic acids is 2. The fourth-order valence-corrected chi connectivity index (χ4v) is 2.29. The number of rotatable bonds is 6. The summed E-state index contributed by atoms with van der Waals surface area (Å²) < 4.78 is 10.8. The molecule has 0 unspecified atom stereocenters. The van der Waals surface area contributed by atoms with E-state index in [2.05, 4.69) is 15.5 Å². The summed E-state index contributed by atoms with van der Waals surface area (Å²) in [7, 11) is 0. The highest BCUT2D eigenvalue weighted by Gasteiger charge is 2.08. The zero-order chi connectivity index (χ0) is 18.5. The first kappa shape index (κ1) is 17.3. The molecule has 0 aliphatic carbocycles. The normalized spacial score (nSPS) is 10.4. The van der Waals surface area contributed by atoms with E-state index in [4.69, 9.17) is 9.26 Å². The molecule has 7 heteroatoms. The maximum absolute atomic E-state index is 11.6. The molecule has 0 fully saturated rings. The first-order valence-corrected chi connectivity index (χ1v) is 7.97. The van der Waals surface area contributed by atoms with E-state index in [0.717, 1.165) is 5.56 Å². The number of hydrogen-bond donors (Lipinski definition) is 1. The molecular weight excluding hydrogens is 334 g/mol. The van der Waals surface area contributed by atoms with Crippen molar-refractivity contribution >= 4 is 17.4 Å². The number of ether oxygens (including phenoxy) is 1. The topological polar surface area (TPSA) is 94.3 Å². The fraction of sp³-hybridized carbons (Fsp3) is 0.158. The van der Waals surface area contributed by atoms with E-state index in [1.54, 1.807) is 31.2 Å². The molecule has 132 valence electrons. The van der Waals surface area contributed by atoms with Crippen molar-refractivity contribution < 1.29 is 18.8 Å². The van der Waals surface area contributed by atoms with Crippen molar-refractivity contribution in [3.05, 3.63) is 54.4 Å². The van der Waals surface area contributed by atoms with Crippen LogP contribution in [0.15, 0.2) is 53.1 Å². The molecule has 0 bridgehead atoms. The Kier molecular flexibility index (Phi) is 5.07. The van der Waals surface area contributed by atoms with Crippen LogP contribution in [-0.2, 0) is 9.59 Å². The number of aromatic nitrogens is 2. The molecule has 0 saturated carbocycles. The van der Waals surface area contributed by atoms with E-state index < -0.39 is 0 Å². The van der Waals surface area contributed by atoms with E-state index in [1.165, 1.54) is 6.92 Å². The van der Waals surface area contributed by atoms with E-state index >= 15 is 0 Å². The molecule has 0 atom stereocenters. The van der Waals surface area contributed by atoms with Crippen LogP contribution in [0, 0.1) is 6.92 Å². The van der Waals surface area contributed by atoms with E-state index in [0.29, 0.717) is 28.9 Å². The highest BCUT2D eigenvalue weighted by Crippen LogP contribution is 2.27. The van der Waals surface area contributed by atoms with Gasteiger partial charge in [0, 0.05) is 18.2 Å². The van der Waals surface area contributed by atoms with Crippen LogP contribution in [0.2, 0.25) is 0 Å². The molecule has 0 saturated heterocycles. The zero-order valence-corrected chi connectivity index (χ0v) is 14.4. The number of hydrogen-bond acceptors (Lipinski definition) is 6. The van der Waals surface area contributed by atoms with Crippen molar-refractivity contribution in [1.29, 1.82) is 0 Å². The molecule has 2 aromatic carbocycles. The summed E-state index contributed by atoms with van der Waals surface area (Å²) in [5, 5.41) is 6.54. The first-order valence-electron chi connectivity index (χ1n) is 7.97. The number of amides is 1. The highest BCUT2D eigenvalue weighted by atomic mass is 16.5. The third kappa shape index (κ3) is 4.54. The number of nitrogens with zero attached hydrogens (tertiary/aromatic N) is 2. The highest BCUT2D eigenvalue weighted by molar-refractivity contribution is 6.03. The number of anilines is 1. The molecule has 3 aromatic rings. The number of aryl methyl sites for hydroxylation is 1. The number of ketones is 1. The van der Waals surface area contributed by atoms with Crippen LogP contribution in [0.1, 0.15) is 19.2 Å². The zero-order valence-electron chi connectivity index (χ0n) is 14.4.